The Morgan fingerprint density at radius 1 is 1.42 bits per heavy atom. The molecule has 2 aliphatic rings. The number of halogens is 1. The van der Waals surface area contributed by atoms with Crippen LogP contribution >= 0.6 is 15.9 Å². The summed E-state index contributed by atoms with van der Waals surface area (Å²) in [4.78, 5) is 12.3. The Labute approximate surface area is 82.0 Å². The third-order valence-electron chi connectivity index (χ3n) is 4.41. The molecule has 0 aromatic carbocycles. The second-order valence-electron chi connectivity index (χ2n) is 5.01. The zero-order chi connectivity index (χ0) is 9.15. The number of fused-ring (bicyclic) bond motifs is 2. The number of hydrogen-bond donors (Lipinski definition) is 0. The van der Waals surface area contributed by atoms with Gasteiger partial charge in [-0.15, -0.1) is 0 Å². The lowest BCUT2D eigenvalue weighted by Gasteiger charge is -2.32. The summed E-state index contributed by atoms with van der Waals surface area (Å²) in [5.74, 6) is 1.04. The van der Waals surface area contributed by atoms with Crippen molar-refractivity contribution in [2.45, 2.75) is 38.4 Å². The average molecular weight is 231 g/mol. The summed E-state index contributed by atoms with van der Waals surface area (Å²) in [6.07, 6.45) is 1.82. The molecule has 2 aliphatic carbocycles. The van der Waals surface area contributed by atoms with E-state index in [2.05, 4.69) is 36.7 Å². The highest BCUT2D eigenvalue weighted by atomic mass is 79.9. The van der Waals surface area contributed by atoms with E-state index in [-0.39, 0.29) is 10.8 Å². The molecule has 0 aliphatic heterocycles. The quantitative estimate of drug-likeness (QED) is 0.586. The van der Waals surface area contributed by atoms with Gasteiger partial charge in [0.15, 0.2) is 0 Å². The van der Waals surface area contributed by atoms with E-state index >= 15 is 0 Å². The molecule has 2 rings (SSSR count). The lowest BCUT2D eigenvalue weighted by molar-refractivity contribution is -0.128. The summed E-state index contributed by atoms with van der Waals surface area (Å²) in [5, 5.41) is 0. The number of Topliss-reactive ketones (excluding diaryl/α,β-unsaturated/α-hetero) is 1. The molecular weight excluding hydrogens is 216 g/mol. The molecule has 2 fully saturated rings. The molecule has 2 saturated carbocycles. The predicted octanol–water partition coefficient (Wildman–Crippen LogP) is 2.78. The van der Waals surface area contributed by atoms with Crippen LogP contribution in [-0.4, -0.2) is 10.6 Å². The number of rotatable bonds is 0. The van der Waals surface area contributed by atoms with Crippen LogP contribution in [0, 0.1) is 16.7 Å². The van der Waals surface area contributed by atoms with Crippen molar-refractivity contribution in [1.29, 1.82) is 0 Å². The summed E-state index contributed by atoms with van der Waals surface area (Å²) in [6, 6.07) is 0. The predicted molar refractivity (Wildman–Crippen MR) is 52.3 cm³/mol. The Kier molecular flexibility index (Phi) is 1.56. The number of alkyl halides is 1. The van der Waals surface area contributed by atoms with Gasteiger partial charge < -0.3 is 0 Å². The van der Waals surface area contributed by atoms with E-state index in [0.29, 0.717) is 16.5 Å². The summed E-state index contributed by atoms with van der Waals surface area (Å²) in [6.45, 7) is 6.62. The summed E-state index contributed by atoms with van der Waals surface area (Å²) < 4.78 is 0. The normalized spacial score (nSPS) is 50.2. The molecule has 68 valence electrons. The minimum absolute atomic E-state index is 0.0498. The molecule has 0 aromatic heterocycles. The lowest BCUT2D eigenvalue weighted by atomic mass is 9.70. The van der Waals surface area contributed by atoms with Crippen molar-refractivity contribution in [2.75, 3.05) is 0 Å². The van der Waals surface area contributed by atoms with E-state index in [1.807, 2.05) is 0 Å². The molecule has 0 aromatic rings. The van der Waals surface area contributed by atoms with Crippen molar-refractivity contribution in [3.05, 3.63) is 0 Å². The van der Waals surface area contributed by atoms with Gasteiger partial charge in [-0.05, 0) is 17.8 Å². The van der Waals surface area contributed by atoms with Crippen LogP contribution in [0.15, 0.2) is 0 Å². The smallest absolute Gasteiger partial charge is 0.139 e. The van der Waals surface area contributed by atoms with Gasteiger partial charge in [-0.25, -0.2) is 0 Å². The van der Waals surface area contributed by atoms with Gasteiger partial charge in [0.05, 0.1) is 0 Å². The van der Waals surface area contributed by atoms with E-state index in [1.54, 1.807) is 0 Å². The van der Waals surface area contributed by atoms with E-state index in [0.717, 1.165) is 12.8 Å². The maximum Gasteiger partial charge on any atom is 0.139 e. The fourth-order valence-corrected chi connectivity index (χ4v) is 4.43. The van der Waals surface area contributed by atoms with Gasteiger partial charge in [0, 0.05) is 16.7 Å². The minimum atomic E-state index is -0.0498. The molecule has 0 radical (unpaired) electrons. The first-order valence-electron chi connectivity index (χ1n) is 4.57. The number of ketones is 1. The zero-order valence-corrected chi connectivity index (χ0v) is 9.44. The van der Waals surface area contributed by atoms with Gasteiger partial charge in [-0.2, -0.15) is 0 Å². The van der Waals surface area contributed by atoms with Crippen molar-refractivity contribution in [1.82, 2.24) is 0 Å². The van der Waals surface area contributed by atoms with E-state index in [4.69, 9.17) is 0 Å². The minimum Gasteiger partial charge on any atom is -0.299 e. The fourth-order valence-electron chi connectivity index (χ4n) is 2.94. The standard InChI is InChI=1S/C10H15BrO/c1-9(2)6-4-8(12)10(9,3)5-7(6)11/h6-7H,4-5H2,1-3H3/t6-,7+,10-/m1/s1. The van der Waals surface area contributed by atoms with Crippen LogP contribution in [0.5, 0.6) is 0 Å². The molecule has 2 bridgehead atoms. The third-order valence-corrected chi connectivity index (χ3v) is 5.37. The van der Waals surface area contributed by atoms with Crippen LogP contribution in [0.1, 0.15) is 33.6 Å². The van der Waals surface area contributed by atoms with Crippen LogP contribution in [0.2, 0.25) is 0 Å². The molecule has 0 unspecified atom stereocenters. The van der Waals surface area contributed by atoms with Crippen molar-refractivity contribution < 1.29 is 4.79 Å². The van der Waals surface area contributed by atoms with Crippen LogP contribution < -0.4 is 0 Å². The van der Waals surface area contributed by atoms with Gasteiger partial charge in [-0.1, -0.05) is 36.7 Å². The van der Waals surface area contributed by atoms with E-state index in [9.17, 15) is 4.79 Å². The second-order valence-corrected chi connectivity index (χ2v) is 6.18. The van der Waals surface area contributed by atoms with Crippen molar-refractivity contribution in [2.24, 2.45) is 16.7 Å². The fraction of sp³-hybridized carbons (Fsp3) is 0.900. The lowest BCUT2D eigenvalue weighted by Crippen LogP contribution is -2.32. The summed E-state index contributed by atoms with van der Waals surface area (Å²) >= 11 is 3.68. The summed E-state index contributed by atoms with van der Waals surface area (Å²) in [5.41, 5.74) is 0.157. The third kappa shape index (κ3) is 0.729. The largest absolute Gasteiger partial charge is 0.299 e. The Bertz CT molecular complexity index is 246. The SMILES string of the molecule is CC1(C)[C@@H]2CC(=O)[C@@]1(C)C[C@@H]2Br. The average Bonchev–Trinajstić information content (AvgIpc) is 2.18. The van der Waals surface area contributed by atoms with Crippen LogP contribution in [0.4, 0.5) is 0 Å². The Morgan fingerprint density at radius 3 is 2.25 bits per heavy atom. The second kappa shape index (κ2) is 2.14. The van der Waals surface area contributed by atoms with Gasteiger partial charge in [-0.3, -0.25) is 4.79 Å². The molecule has 0 N–H and O–H groups in total. The van der Waals surface area contributed by atoms with Crippen molar-refractivity contribution in [3.63, 3.8) is 0 Å². The molecule has 12 heavy (non-hydrogen) atoms. The first kappa shape index (κ1) is 8.74. The van der Waals surface area contributed by atoms with E-state index < -0.39 is 0 Å². The van der Waals surface area contributed by atoms with Gasteiger partial charge in [0.1, 0.15) is 5.78 Å². The van der Waals surface area contributed by atoms with Crippen LogP contribution in [0.3, 0.4) is 0 Å². The van der Waals surface area contributed by atoms with Crippen molar-refractivity contribution in [3.8, 4) is 0 Å². The molecule has 0 saturated heterocycles. The van der Waals surface area contributed by atoms with Crippen molar-refractivity contribution >= 4 is 21.7 Å². The maximum atomic E-state index is 11.7. The topological polar surface area (TPSA) is 17.1 Å². The maximum absolute atomic E-state index is 11.7. The highest BCUT2D eigenvalue weighted by Crippen LogP contribution is 2.65. The van der Waals surface area contributed by atoms with E-state index in [1.165, 1.54) is 0 Å². The van der Waals surface area contributed by atoms with Crippen LogP contribution in [-0.2, 0) is 4.79 Å². The number of carbonyl (C=O) groups is 1. The molecule has 3 atom stereocenters. The first-order valence-corrected chi connectivity index (χ1v) is 5.48. The zero-order valence-electron chi connectivity index (χ0n) is 7.86. The first-order chi connectivity index (χ1) is 5.39. The Balaban J connectivity index is 2.47. The number of carbonyl (C=O) groups excluding carboxylic acids is 1. The number of hydrogen-bond acceptors (Lipinski definition) is 1. The Morgan fingerprint density at radius 2 is 2.00 bits per heavy atom. The molecule has 2 heteroatoms. The Hall–Kier alpha value is 0.150. The highest BCUT2D eigenvalue weighted by molar-refractivity contribution is 9.09. The molecule has 1 nitrogen and oxygen atoms in total. The molecule has 0 spiro atoms. The van der Waals surface area contributed by atoms with Gasteiger partial charge in [0.2, 0.25) is 0 Å². The monoisotopic (exact) mass is 230 g/mol. The van der Waals surface area contributed by atoms with Gasteiger partial charge >= 0.3 is 0 Å². The molecule has 0 heterocycles. The highest BCUT2D eigenvalue weighted by Gasteiger charge is 2.64. The summed E-state index contributed by atoms with van der Waals surface area (Å²) in [7, 11) is 0. The van der Waals surface area contributed by atoms with Crippen LogP contribution in [0.25, 0.3) is 0 Å². The molecular formula is C10H15BrO. The molecule has 0 amide bonds. The van der Waals surface area contributed by atoms with Gasteiger partial charge in [0.25, 0.3) is 0 Å².